The van der Waals surface area contributed by atoms with Gasteiger partial charge in [-0.25, -0.2) is 13.8 Å². The van der Waals surface area contributed by atoms with E-state index in [1.165, 1.54) is 6.07 Å². The van der Waals surface area contributed by atoms with Crippen LogP contribution in [-0.4, -0.2) is 29.6 Å². The van der Waals surface area contributed by atoms with Crippen molar-refractivity contribution in [2.45, 2.75) is 31.8 Å². The minimum absolute atomic E-state index is 0.226. The summed E-state index contributed by atoms with van der Waals surface area (Å²) >= 11 is 0. The molecule has 0 saturated carbocycles. The highest BCUT2D eigenvalue weighted by molar-refractivity contribution is 5.48. The predicted octanol–water partition coefficient (Wildman–Crippen LogP) is 2.37. The molecule has 5 heteroatoms. The fraction of sp³-hybridized carbons (Fsp3) is 0.583. The summed E-state index contributed by atoms with van der Waals surface area (Å²) in [6, 6.07) is 3.10. The number of nitrogens with zero attached hydrogens (tertiary/aromatic N) is 2. The molecule has 1 N–H and O–H groups in total. The van der Waals surface area contributed by atoms with Crippen molar-refractivity contribution in [3.63, 3.8) is 0 Å². The summed E-state index contributed by atoms with van der Waals surface area (Å²) in [5.41, 5.74) is 0.226. The maximum Gasteiger partial charge on any atom is 0.268 e. The van der Waals surface area contributed by atoms with Crippen LogP contribution in [0, 0.1) is 0 Å². The topological polar surface area (TPSA) is 36.4 Å². The van der Waals surface area contributed by atoms with Crippen LogP contribution >= 0.6 is 0 Å². The van der Waals surface area contributed by atoms with Crippen LogP contribution in [0.5, 0.6) is 0 Å². The zero-order valence-corrected chi connectivity index (χ0v) is 9.52. The molecule has 1 fully saturated rings. The van der Waals surface area contributed by atoms with Gasteiger partial charge in [0.2, 0.25) is 0 Å². The lowest BCUT2D eigenvalue weighted by molar-refractivity contribution is -0.00571. The summed E-state index contributed by atoms with van der Waals surface area (Å²) < 4.78 is 25.1. The van der Waals surface area contributed by atoms with Gasteiger partial charge in [-0.3, -0.25) is 0 Å². The van der Waals surface area contributed by atoms with Gasteiger partial charge in [0, 0.05) is 24.8 Å². The van der Waals surface area contributed by atoms with Crippen molar-refractivity contribution in [1.29, 1.82) is 0 Å². The second-order valence-corrected chi connectivity index (χ2v) is 4.24. The molecule has 2 heterocycles. The molecule has 1 aliphatic rings. The first-order valence-corrected chi connectivity index (χ1v) is 5.86. The Balaban J connectivity index is 2.26. The monoisotopic (exact) mass is 242 g/mol. The number of aliphatic hydroxyl groups is 1. The Kier molecular flexibility index (Phi) is 3.89. The molecule has 0 aliphatic carbocycles. The number of halogens is 2. The lowest BCUT2D eigenvalue weighted by atomic mass is 10.1. The van der Waals surface area contributed by atoms with Crippen LogP contribution in [0.4, 0.5) is 14.6 Å². The van der Waals surface area contributed by atoms with Gasteiger partial charge in [-0.05, 0) is 25.3 Å². The van der Waals surface area contributed by atoms with Crippen molar-refractivity contribution in [3.05, 3.63) is 23.9 Å². The summed E-state index contributed by atoms with van der Waals surface area (Å²) in [4.78, 5) is 6.12. The molecule has 0 amide bonds. The Morgan fingerprint density at radius 2 is 1.94 bits per heavy atom. The standard InChI is InChI=1S/C12H16F2N2O/c13-11(14)10(17)9-5-4-6-15-12(9)16-7-2-1-3-8-16/h4-6,10-11,17H,1-3,7-8H2. The number of pyridine rings is 1. The van der Waals surface area contributed by atoms with Crippen molar-refractivity contribution >= 4 is 5.82 Å². The van der Waals surface area contributed by atoms with Crippen LogP contribution < -0.4 is 4.90 Å². The van der Waals surface area contributed by atoms with E-state index in [4.69, 9.17) is 0 Å². The number of piperidine rings is 1. The number of hydrogen-bond donors (Lipinski definition) is 1. The van der Waals surface area contributed by atoms with E-state index in [0.29, 0.717) is 5.82 Å². The highest BCUT2D eigenvalue weighted by atomic mass is 19.3. The Morgan fingerprint density at radius 1 is 1.24 bits per heavy atom. The number of hydrogen-bond acceptors (Lipinski definition) is 3. The maximum atomic E-state index is 12.6. The summed E-state index contributed by atoms with van der Waals surface area (Å²) in [6.07, 6.45) is 0.298. The maximum absolute atomic E-state index is 12.6. The third kappa shape index (κ3) is 2.72. The minimum atomic E-state index is -2.78. The van der Waals surface area contributed by atoms with E-state index in [1.807, 2.05) is 4.90 Å². The van der Waals surface area contributed by atoms with Gasteiger partial charge in [-0.1, -0.05) is 6.07 Å². The molecule has 0 radical (unpaired) electrons. The normalized spacial score (nSPS) is 18.5. The summed E-state index contributed by atoms with van der Waals surface area (Å²) in [7, 11) is 0. The molecular weight excluding hydrogens is 226 g/mol. The largest absolute Gasteiger partial charge is 0.382 e. The average Bonchev–Trinajstić information content (AvgIpc) is 2.39. The van der Waals surface area contributed by atoms with E-state index in [0.717, 1.165) is 32.4 Å². The third-order valence-corrected chi connectivity index (χ3v) is 3.03. The first kappa shape index (κ1) is 12.2. The predicted molar refractivity (Wildman–Crippen MR) is 61.3 cm³/mol. The number of rotatable bonds is 3. The van der Waals surface area contributed by atoms with Gasteiger partial charge in [0.1, 0.15) is 11.9 Å². The van der Waals surface area contributed by atoms with E-state index in [1.54, 1.807) is 12.3 Å². The fourth-order valence-electron chi connectivity index (χ4n) is 2.15. The third-order valence-electron chi connectivity index (χ3n) is 3.03. The zero-order chi connectivity index (χ0) is 12.3. The molecule has 1 aromatic heterocycles. The van der Waals surface area contributed by atoms with E-state index in [-0.39, 0.29) is 5.56 Å². The Hall–Kier alpha value is -1.23. The van der Waals surface area contributed by atoms with Crippen molar-refractivity contribution in [1.82, 2.24) is 4.98 Å². The molecule has 1 saturated heterocycles. The highest BCUT2D eigenvalue weighted by Gasteiger charge is 2.25. The van der Waals surface area contributed by atoms with E-state index in [9.17, 15) is 13.9 Å². The Labute approximate surface area is 99.1 Å². The van der Waals surface area contributed by atoms with E-state index >= 15 is 0 Å². The second-order valence-electron chi connectivity index (χ2n) is 4.24. The molecule has 1 aliphatic heterocycles. The van der Waals surface area contributed by atoms with Crippen LogP contribution in [0.2, 0.25) is 0 Å². The van der Waals surface area contributed by atoms with Gasteiger partial charge < -0.3 is 10.0 Å². The molecule has 3 nitrogen and oxygen atoms in total. The number of aliphatic hydroxyl groups excluding tert-OH is 1. The van der Waals surface area contributed by atoms with Gasteiger partial charge in [-0.2, -0.15) is 0 Å². The van der Waals surface area contributed by atoms with Gasteiger partial charge in [0.15, 0.2) is 0 Å². The first-order valence-electron chi connectivity index (χ1n) is 5.86. The van der Waals surface area contributed by atoms with Crippen molar-refractivity contribution in [3.8, 4) is 0 Å². The zero-order valence-electron chi connectivity index (χ0n) is 9.52. The van der Waals surface area contributed by atoms with Gasteiger partial charge in [0.25, 0.3) is 6.43 Å². The number of anilines is 1. The van der Waals surface area contributed by atoms with Gasteiger partial charge in [-0.15, -0.1) is 0 Å². The summed E-state index contributed by atoms with van der Waals surface area (Å²) in [5, 5.41) is 9.49. The van der Waals surface area contributed by atoms with Crippen LogP contribution in [0.25, 0.3) is 0 Å². The van der Waals surface area contributed by atoms with Crippen molar-refractivity contribution in [2.75, 3.05) is 18.0 Å². The van der Waals surface area contributed by atoms with Crippen LogP contribution in [0.1, 0.15) is 30.9 Å². The SMILES string of the molecule is OC(c1cccnc1N1CCCCC1)C(F)F. The Bertz CT molecular complexity index is 367. The molecule has 1 atom stereocenters. The molecule has 0 aromatic carbocycles. The Morgan fingerprint density at radius 3 is 2.59 bits per heavy atom. The van der Waals surface area contributed by atoms with Crippen LogP contribution in [0.15, 0.2) is 18.3 Å². The van der Waals surface area contributed by atoms with Gasteiger partial charge >= 0.3 is 0 Å². The molecule has 2 rings (SSSR count). The van der Waals surface area contributed by atoms with Crippen molar-refractivity contribution in [2.24, 2.45) is 0 Å². The highest BCUT2D eigenvalue weighted by Crippen LogP contribution is 2.29. The number of aromatic nitrogens is 1. The molecule has 94 valence electrons. The summed E-state index contributed by atoms with van der Waals surface area (Å²) in [5.74, 6) is 0.500. The fourth-order valence-corrected chi connectivity index (χ4v) is 2.15. The first-order chi connectivity index (χ1) is 8.20. The van der Waals surface area contributed by atoms with Crippen LogP contribution in [0.3, 0.4) is 0 Å². The molecule has 17 heavy (non-hydrogen) atoms. The summed E-state index contributed by atoms with van der Waals surface area (Å²) in [6.45, 7) is 1.64. The molecule has 1 aromatic rings. The van der Waals surface area contributed by atoms with E-state index in [2.05, 4.69) is 4.98 Å². The average molecular weight is 242 g/mol. The quantitative estimate of drug-likeness (QED) is 0.884. The number of alkyl halides is 2. The molecular formula is C12H16F2N2O. The van der Waals surface area contributed by atoms with Crippen LogP contribution in [-0.2, 0) is 0 Å². The minimum Gasteiger partial charge on any atom is -0.382 e. The molecule has 0 bridgehead atoms. The van der Waals surface area contributed by atoms with Crippen molar-refractivity contribution < 1.29 is 13.9 Å². The van der Waals surface area contributed by atoms with E-state index < -0.39 is 12.5 Å². The lowest BCUT2D eigenvalue weighted by Crippen LogP contribution is -2.31. The van der Waals surface area contributed by atoms with Gasteiger partial charge in [0.05, 0.1) is 0 Å². The lowest BCUT2D eigenvalue weighted by Gasteiger charge is -2.30. The smallest absolute Gasteiger partial charge is 0.268 e. The molecule has 0 spiro atoms. The molecule has 1 unspecified atom stereocenters. The second kappa shape index (κ2) is 5.40.